The van der Waals surface area contributed by atoms with Crippen molar-refractivity contribution in [3.63, 3.8) is 0 Å². The molecule has 3 nitrogen and oxygen atoms in total. The van der Waals surface area contributed by atoms with E-state index in [4.69, 9.17) is 9.97 Å². The second-order valence-electron chi connectivity index (χ2n) is 11.3. The third-order valence-electron chi connectivity index (χ3n) is 8.37. The average molecular weight is 588 g/mol. The van der Waals surface area contributed by atoms with Crippen molar-refractivity contribution in [1.29, 1.82) is 0 Å². The van der Waals surface area contributed by atoms with Gasteiger partial charge in [-0.1, -0.05) is 133 Å². The highest BCUT2D eigenvalue weighted by molar-refractivity contribution is 6.00. The van der Waals surface area contributed by atoms with Gasteiger partial charge in [0.1, 0.15) is 0 Å². The van der Waals surface area contributed by atoms with E-state index >= 15 is 0 Å². The van der Waals surface area contributed by atoms with E-state index in [-0.39, 0.29) is 0 Å². The highest BCUT2D eigenvalue weighted by atomic mass is 14.9. The van der Waals surface area contributed by atoms with Gasteiger partial charge in [-0.2, -0.15) is 0 Å². The van der Waals surface area contributed by atoms with Gasteiger partial charge in [-0.15, -0.1) is 0 Å². The second kappa shape index (κ2) is 12.1. The van der Waals surface area contributed by atoms with Crippen molar-refractivity contribution < 1.29 is 0 Å². The first-order chi connectivity index (χ1) is 22.8. The third kappa shape index (κ3) is 5.47. The molecule has 0 bridgehead atoms. The van der Waals surface area contributed by atoms with Gasteiger partial charge in [0.2, 0.25) is 0 Å². The van der Waals surface area contributed by atoms with Crippen LogP contribution < -0.4 is 0 Å². The third-order valence-corrected chi connectivity index (χ3v) is 8.37. The van der Waals surface area contributed by atoms with E-state index in [1.165, 1.54) is 27.5 Å². The summed E-state index contributed by atoms with van der Waals surface area (Å²) in [5.74, 6) is 0.704. The van der Waals surface area contributed by atoms with Crippen molar-refractivity contribution in [3.8, 4) is 67.3 Å². The second-order valence-corrected chi connectivity index (χ2v) is 11.3. The average Bonchev–Trinajstić information content (AvgIpc) is 3.15. The number of fused-ring (bicyclic) bond motifs is 1. The maximum Gasteiger partial charge on any atom is 0.160 e. The molecule has 0 saturated heterocycles. The number of benzene rings is 6. The van der Waals surface area contributed by atoms with Crippen LogP contribution >= 0.6 is 0 Å². The normalized spacial score (nSPS) is 11.0. The number of nitrogens with zero attached hydrogens (tertiary/aromatic N) is 3. The SMILES string of the molecule is c1ccc(-c2ccc(-c3cc(-c4cccc(-c5cc(-c6cccnc6)c6ccccc6c5)c4)nc(-c4ccccc4)n3)cc2)cc1. The van der Waals surface area contributed by atoms with Crippen LogP contribution in [0, 0.1) is 0 Å². The molecule has 0 atom stereocenters. The first kappa shape index (κ1) is 27.4. The Morgan fingerprint density at radius 2 is 0.957 bits per heavy atom. The molecule has 8 aromatic rings. The van der Waals surface area contributed by atoms with Crippen molar-refractivity contribution in [2.75, 3.05) is 0 Å². The Balaban J connectivity index is 1.24. The van der Waals surface area contributed by atoms with Gasteiger partial charge in [-0.05, 0) is 68.9 Å². The van der Waals surface area contributed by atoms with Gasteiger partial charge in [0.05, 0.1) is 11.4 Å². The minimum absolute atomic E-state index is 0.704. The zero-order chi connectivity index (χ0) is 30.7. The molecule has 0 aliphatic heterocycles. The molecule has 0 fully saturated rings. The fourth-order valence-corrected chi connectivity index (χ4v) is 6.02. The number of pyridine rings is 1. The van der Waals surface area contributed by atoms with Crippen LogP contribution in [0.15, 0.2) is 176 Å². The molecule has 0 N–H and O–H groups in total. The predicted octanol–water partition coefficient (Wildman–Crippen LogP) is 11.0. The smallest absolute Gasteiger partial charge is 0.160 e. The van der Waals surface area contributed by atoms with Crippen LogP contribution in [0.4, 0.5) is 0 Å². The summed E-state index contributed by atoms with van der Waals surface area (Å²) in [6.45, 7) is 0. The molecule has 0 amide bonds. The Morgan fingerprint density at radius 1 is 0.348 bits per heavy atom. The molecule has 0 unspecified atom stereocenters. The number of hydrogen-bond acceptors (Lipinski definition) is 3. The number of hydrogen-bond donors (Lipinski definition) is 0. The Hall–Kier alpha value is -6.19. The molecule has 46 heavy (non-hydrogen) atoms. The highest BCUT2D eigenvalue weighted by Crippen LogP contribution is 2.36. The van der Waals surface area contributed by atoms with Crippen LogP contribution in [0.3, 0.4) is 0 Å². The van der Waals surface area contributed by atoms with E-state index in [9.17, 15) is 0 Å². The standard InChI is InChI=1S/C43H29N3/c1-3-11-30(12-4-1)31-20-22-32(23-21-31)41-28-42(46-43(45-41)33-13-5-2-6-14-33)36-17-9-16-34(25-36)38-26-35-15-7-8-19-39(35)40(27-38)37-18-10-24-44-29-37/h1-29H. The molecule has 0 spiro atoms. The minimum Gasteiger partial charge on any atom is -0.264 e. The van der Waals surface area contributed by atoms with Crippen molar-refractivity contribution in [3.05, 3.63) is 176 Å². The molecular formula is C43H29N3. The van der Waals surface area contributed by atoms with Gasteiger partial charge in [-0.25, -0.2) is 9.97 Å². The Bertz CT molecular complexity index is 2280. The van der Waals surface area contributed by atoms with Gasteiger partial charge in [0.25, 0.3) is 0 Å². The molecule has 0 aliphatic carbocycles. The van der Waals surface area contributed by atoms with E-state index < -0.39 is 0 Å². The van der Waals surface area contributed by atoms with Crippen molar-refractivity contribution in [1.82, 2.24) is 15.0 Å². The summed E-state index contributed by atoms with van der Waals surface area (Å²) in [5.41, 5.74) is 11.8. The molecule has 8 rings (SSSR count). The fraction of sp³-hybridized carbons (Fsp3) is 0. The summed E-state index contributed by atoms with van der Waals surface area (Å²) in [5, 5.41) is 2.40. The maximum absolute atomic E-state index is 5.10. The lowest BCUT2D eigenvalue weighted by atomic mass is 9.93. The molecule has 216 valence electrons. The van der Waals surface area contributed by atoms with Gasteiger partial charge in [-0.3, -0.25) is 4.98 Å². The molecule has 6 aromatic carbocycles. The van der Waals surface area contributed by atoms with E-state index in [1.54, 1.807) is 0 Å². The van der Waals surface area contributed by atoms with E-state index in [2.05, 4.69) is 138 Å². The summed E-state index contributed by atoms with van der Waals surface area (Å²) in [7, 11) is 0. The highest BCUT2D eigenvalue weighted by Gasteiger charge is 2.13. The molecule has 0 radical (unpaired) electrons. The summed E-state index contributed by atoms with van der Waals surface area (Å²) in [6, 6.07) is 57.2. The molecule has 0 saturated carbocycles. The van der Waals surface area contributed by atoms with Gasteiger partial charge < -0.3 is 0 Å². The quantitative estimate of drug-likeness (QED) is 0.194. The minimum atomic E-state index is 0.704. The molecule has 3 heteroatoms. The van der Waals surface area contributed by atoms with Crippen LogP contribution in [0.5, 0.6) is 0 Å². The van der Waals surface area contributed by atoms with Crippen molar-refractivity contribution >= 4 is 10.8 Å². The lowest BCUT2D eigenvalue weighted by Gasteiger charge is -2.13. The predicted molar refractivity (Wildman–Crippen MR) is 190 cm³/mol. The Morgan fingerprint density at radius 3 is 1.72 bits per heavy atom. The van der Waals surface area contributed by atoms with Crippen LogP contribution in [0.2, 0.25) is 0 Å². The van der Waals surface area contributed by atoms with E-state index in [1.807, 2.05) is 42.7 Å². The number of aromatic nitrogens is 3. The largest absolute Gasteiger partial charge is 0.264 e. The summed E-state index contributed by atoms with van der Waals surface area (Å²) in [6.07, 6.45) is 3.75. The summed E-state index contributed by atoms with van der Waals surface area (Å²) in [4.78, 5) is 14.5. The summed E-state index contributed by atoms with van der Waals surface area (Å²) < 4.78 is 0. The Labute approximate surface area is 268 Å². The van der Waals surface area contributed by atoms with Gasteiger partial charge >= 0.3 is 0 Å². The van der Waals surface area contributed by atoms with Crippen LogP contribution in [-0.2, 0) is 0 Å². The first-order valence-electron chi connectivity index (χ1n) is 15.4. The first-order valence-corrected chi connectivity index (χ1v) is 15.4. The lowest BCUT2D eigenvalue weighted by molar-refractivity contribution is 1.18. The Kier molecular flexibility index (Phi) is 7.18. The van der Waals surface area contributed by atoms with Crippen molar-refractivity contribution in [2.24, 2.45) is 0 Å². The molecular weight excluding hydrogens is 558 g/mol. The topological polar surface area (TPSA) is 38.7 Å². The fourth-order valence-electron chi connectivity index (χ4n) is 6.02. The van der Waals surface area contributed by atoms with Crippen LogP contribution in [0.25, 0.3) is 78.1 Å². The maximum atomic E-state index is 5.10. The zero-order valence-corrected chi connectivity index (χ0v) is 25.1. The summed E-state index contributed by atoms with van der Waals surface area (Å²) >= 11 is 0. The number of rotatable bonds is 6. The van der Waals surface area contributed by atoms with Crippen molar-refractivity contribution in [2.45, 2.75) is 0 Å². The van der Waals surface area contributed by atoms with E-state index in [0.717, 1.165) is 44.8 Å². The van der Waals surface area contributed by atoms with Gasteiger partial charge in [0, 0.05) is 34.6 Å². The zero-order valence-electron chi connectivity index (χ0n) is 25.1. The van der Waals surface area contributed by atoms with E-state index in [0.29, 0.717) is 5.82 Å². The van der Waals surface area contributed by atoms with Crippen LogP contribution in [-0.4, -0.2) is 15.0 Å². The molecule has 2 heterocycles. The molecule has 0 aliphatic rings. The van der Waals surface area contributed by atoms with Crippen LogP contribution in [0.1, 0.15) is 0 Å². The molecule has 2 aromatic heterocycles. The lowest BCUT2D eigenvalue weighted by Crippen LogP contribution is -1.96. The monoisotopic (exact) mass is 587 g/mol. The van der Waals surface area contributed by atoms with Gasteiger partial charge in [0.15, 0.2) is 5.82 Å².